The maximum atomic E-state index is 10.9. The molecule has 0 saturated heterocycles. The van der Waals surface area contributed by atoms with E-state index in [-0.39, 0.29) is 5.91 Å². The molecule has 0 aliphatic rings. The lowest BCUT2D eigenvalue weighted by molar-refractivity contribution is -0.120. The van der Waals surface area contributed by atoms with E-state index in [1.165, 1.54) is 0 Å². The number of nitrogens with zero attached hydrogens (tertiary/aromatic N) is 2. The van der Waals surface area contributed by atoms with Gasteiger partial charge in [-0.1, -0.05) is 0 Å². The highest BCUT2D eigenvalue weighted by atomic mass is 16.1. The van der Waals surface area contributed by atoms with E-state index >= 15 is 0 Å². The Labute approximate surface area is 84.3 Å². The topological polar surface area (TPSA) is 46.9 Å². The predicted molar refractivity (Wildman–Crippen MR) is 54.9 cm³/mol. The van der Waals surface area contributed by atoms with E-state index in [0.717, 1.165) is 25.2 Å². The van der Waals surface area contributed by atoms with Crippen LogP contribution in [0.15, 0.2) is 12.4 Å². The summed E-state index contributed by atoms with van der Waals surface area (Å²) in [5.41, 5.74) is 0. The van der Waals surface area contributed by atoms with Gasteiger partial charge in [0.2, 0.25) is 5.91 Å². The lowest BCUT2D eigenvalue weighted by Crippen LogP contribution is -2.17. The van der Waals surface area contributed by atoms with Crippen LogP contribution < -0.4 is 5.32 Å². The van der Waals surface area contributed by atoms with E-state index in [0.29, 0.717) is 6.42 Å². The second-order valence-corrected chi connectivity index (χ2v) is 3.30. The van der Waals surface area contributed by atoms with Crippen molar-refractivity contribution in [2.75, 3.05) is 7.05 Å². The predicted octanol–water partition coefficient (Wildman–Crippen LogP) is 1.11. The molecule has 1 aromatic rings. The largest absolute Gasteiger partial charge is 0.359 e. The van der Waals surface area contributed by atoms with Gasteiger partial charge < -0.3 is 9.88 Å². The van der Waals surface area contributed by atoms with Crippen molar-refractivity contribution in [3.05, 3.63) is 18.2 Å². The van der Waals surface area contributed by atoms with Crippen molar-refractivity contribution in [2.24, 2.45) is 0 Å². The third-order valence-corrected chi connectivity index (χ3v) is 2.26. The number of carbonyl (C=O) groups is 1. The van der Waals surface area contributed by atoms with Crippen molar-refractivity contribution in [1.29, 1.82) is 0 Å². The van der Waals surface area contributed by atoms with E-state index in [1.807, 2.05) is 13.1 Å². The number of aromatic nitrogens is 2. The number of rotatable bonds is 5. The molecule has 0 atom stereocenters. The molecular formula is C10H17N3O. The molecule has 0 spiro atoms. The molecule has 0 fully saturated rings. The third kappa shape index (κ3) is 3.20. The molecule has 1 aromatic heterocycles. The van der Waals surface area contributed by atoms with Gasteiger partial charge in [0.25, 0.3) is 0 Å². The number of nitrogens with one attached hydrogen (secondary N) is 1. The summed E-state index contributed by atoms with van der Waals surface area (Å²) in [7, 11) is 1.67. The maximum Gasteiger partial charge on any atom is 0.219 e. The van der Waals surface area contributed by atoms with Gasteiger partial charge in [-0.05, 0) is 19.8 Å². The Morgan fingerprint density at radius 2 is 2.36 bits per heavy atom. The van der Waals surface area contributed by atoms with Crippen molar-refractivity contribution < 1.29 is 4.79 Å². The number of hydrogen-bond acceptors (Lipinski definition) is 2. The van der Waals surface area contributed by atoms with Gasteiger partial charge in [-0.15, -0.1) is 0 Å². The smallest absolute Gasteiger partial charge is 0.219 e. The Balaban J connectivity index is 2.16. The zero-order chi connectivity index (χ0) is 10.4. The third-order valence-electron chi connectivity index (χ3n) is 2.26. The highest BCUT2D eigenvalue weighted by Gasteiger charge is 1.99. The van der Waals surface area contributed by atoms with Gasteiger partial charge in [0.1, 0.15) is 5.82 Å². The van der Waals surface area contributed by atoms with Crippen molar-refractivity contribution >= 4 is 5.91 Å². The number of amides is 1. The minimum atomic E-state index is 0.118. The fourth-order valence-corrected chi connectivity index (χ4v) is 1.33. The van der Waals surface area contributed by atoms with Gasteiger partial charge in [-0.3, -0.25) is 4.79 Å². The summed E-state index contributed by atoms with van der Waals surface area (Å²) in [4.78, 5) is 15.0. The van der Waals surface area contributed by atoms with E-state index in [2.05, 4.69) is 14.9 Å². The van der Waals surface area contributed by atoms with Crippen LogP contribution in [0.1, 0.15) is 25.1 Å². The van der Waals surface area contributed by atoms with Gasteiger partial charge in [0.05, 0.1) is 0 Å². The highest BCUT2D eigenvalue weighted by Crippen LogP contribution is 2.01. The molecule has 1 heterocycles. The first-order chi connectivity index (χ1) is 6.74. The van der Waals surface area contributed by atoms with Crippen LogP contribution in [0, 0.1) is 6.92 Å². The lowest BCUT2D eigenvalue weighted by atomic mass is 10.2. The van der Waals surface area contributed by atoms with Crippen LogP contribution in [0.4, 0.5) is 0 Å². The minimum absolute atomic E-state index is 0.118. The monoisotopic (exact) mass is 195 g/mol. The van der Waals surface area contributed by atoms with Crippen molar-refractivity contribution in [3.63, 3.8) is 0 Å². The lowest BCUT2D eigenvalue weighted by Gasteiger charge is -2.04. The average molecular weight is 195 g/mol. The normalized spacial score (nSPS) is 10.1. The summed E-state index contributed by atoms with van der Waals surface area (Å²) in [6.07, 6.45) is 6.33. The van der Waals surface area contributed by atoms with E-state index in [1.54, 1.807) is 13.2 Å². The van der Waals surface area contributed by atoms with Gasteiger partial charge in [0, 0.05) is 32.4 Å². The molecule has 1 N–H and O–H groups in total. The summed E-state index contributed by atoms with van der Waals surface area (Å²) >= 11 is 0. The minimum Gasteiger partial charge on any atom is -0.359 e. The van der Waals surface area contributed by atoms with Crippen LogP contribution >= 0.6 is 0 Å². The molecule has 0 aliphatic carbocycles. The Morgan fingerprint density at radius 3 is 2.93 bits per heavy atom. The number of hydrogen-bond donors (Lipinski definition) is 1. The summed E-state index contributed by atoms with van der Waals surface area (Å²) < 4.78 is 2.10. The van der Waals surface area contributed by atoms with Crippen LogP contribution in [-0.2, 0) is 11.3 Å². The number of carbonyl (C=O) groups excluding carboxylic acids is 1. The van der Waals surface area contributed by atoms with Gasteiger partial charge >= 0.3 is 0 Å². The molecule has 4 heteroatoms. The molecule has 0 radical (unpaired) electrons. The zero-order valence-electron chi connectivity index (χ0n) is 8.79. The number of unbranched alkanes of at least 4 members (excludes halogenated alkanes) is 1. The Kier molecular flexibility index (Phi) is 4.16. The highest BCUT2D eigenvalue weighted by molar-refractivity contribution is 5.75. The van der Waals surface area contributed by atoms with E-state index in [9.17, 15) is 4.79 Å². The molecule has 0 aromatic carbocycles. The Morgan fingerprint density at radius 1 is 1.57 bits per heavy atom. The number of aryl methyl sites for hydroxylation is 2. The molecule has 0 aliphatic heterocycles. The summed E-state index contributed by atoms with van der Waals surface area (Å²) in [6.45, 7) is 2.93. The Hall–Kier alpha value is -1.32. The molecule has 0 unspecified atom stereocenters. The fourth-order valence-electron chi connectivity index (χ4n) is 1.33. The second-order valence-electron chi connectivity index (χ2n) is 3.30. The first-order valence-corrected chi connectivity index (χ1v) is 4.92. The Bertz CT molecular complexity index is 293. The van der Waals surface area contributed by atoms with Gasteiger partial charge in [0.15, 0.2) is 0 Å². The van der Waals surface area contributed by atoms with Gasteiger partial charge in [-0.2, -0.15) is 0 Å². The molecule has 0 saturated carbocycles. The van der Waals surface area contributed by atoms with Crippen molar-refractivity contribution in [3.8, 4) is 0 Å². The first-order valence-electron chi connectivity index (χ1n) is 4.92. The van der Waals surface area contributed by atoms with Crippen LogP contribution in [-0.4, -0.2) is 22.5 Å². The molecule has 1 amide bonds. The second kappa shape index (κ2) is 5.42. The summed E-state index contributed by atoms with van der Waals surface area (Å²) in [5.74, 6) is 1.15. The van der Waals surface area contributed by atoms with Gasteiger partial charge in [-0.25, -0.2) is 4.98 Å². The molecule has 1 rings (SSSR count). The molecule has 4 nitrogen and oxygen atoms in total. The maximum absolute atomic E-state index is 10.9. The van der Waals surface area contributed by atoms with Crippen LogP contribution in [0.5, 0.6) is 0 Å². The summed E-state index contributed by atoms with van der Waals surface area (Å²) in [5, 5.41) is 2.61. The standard InChI is InChI=1S/C10H17N3O/c1-9-12-6-8-13(9)7-4-3-5-10(14)11-2/h6,8H,3-5,7H2,1-2H3,(H,11,14). The van der Waals surface area contributed by atoms with E-state index < -0.39 is 0 Å². The first kappa shape index (κ1) is 10.8. The molecule has 0 bridgehead atoms. The molecular weight excluding hydrogens is 178 g/mol. The van der Waals surface area contributed by atoms with Crippen molar-refractivity contribution in [2.45, 2.75) is 32.7 Å². The van der Waals surface area contributed by atoms with Crippen molar-refractivity contribution in [1.82, 2.24) is 14.9 Å². The van der Waals surface area contributed by atoms with Crippen LogP contribution in [0.25, 0.3) is 0 Å². The van der Waals surface area contributed by atoms with E-state index in [4.69, 9.17) is 0 Å². The molecule has 14 heavy (non-hydrogen) atoms. The molecule has 78 valence electrons. The fraction of sp³-hybridized carbons (Fsp3) is 0.600. The quantitative estimate of drug-likeness (QED) is 0.715. The zero-order valence-corrected chi connectivity index (χ0v) is 8.79. The van der Waals surface area contributed by atoms with Crippen LogP contribution in [0.2, 0.25) is 0 Å². The van der Waals surface area contributed by atoms with Crippen LogP contribution in [0.3, 0.4) is 0 Å². The SMILES string of the molecule is CNC(=O)CCCCn1ccnc1C. The number of imidazole rings is 1. The summed E-state index contributed by atoms with van der Waals surface area (Å²) in [6, 6.07) is 0. The average Bonchev–Trinajstić information content (AvgIpc) is 2.58.